The SMILES string of the molecule is Cc1cc(-c2ccccc2)nc(SCC(=O)N(C)C2(C#N)CCCCC2)n1. The summed E-state index contributed by atoms with van der Waals surface area (Å²) in [5.74, 6) is 0.187. The molecule has 1 fully saturated rings. The van der Waals surface area contributed by atoms with E-state index in [2.05, 4.69) is 16.0 Å². The first-order chi connectivity index (χ1) is 13.0. The zero-order valence-electron chi connectivity index (χ0n) is 15.8. The van der Waals surface area contributed by atoms with Gasteiger partial charge in [0, 0.05) is 18.3 Å². The van der Waals surface area contributed by atoms with Crippen molar-refractivity contribution in [1.82, 2.24) is 14.9 Å². The van der Waals surface area contributed by atoms with Gasteiger partial charge in [-0.15, -0.1) is 0 Å². The standard InChI is InChI=1S/C21H24N4OS/c1-16-13-18(17-9-5-3-6-10-17)24-20(23-16)27-14-19(26)25(2)21(15-22)11-7-4-8-12-21/h3,5-6,9-10,13H,4,7-8,11-12,14H2,1-2H3. The number of hydrogen-bond donors (Lipinski definition) is 0. The summed E-state index contributed by atoms with van der Waals surface area (Å²) in [6.07, 6.45) is 4.66. The molecule has 5 nitrogen and oxygen atoms in total. The van der Waals surface area contributed by atoms with Gasteiger partial charge in [0.2, 0.25) is 5.91 Å². The van der Waals surface area contributed by atoms with E-state index in [4.69, 9.17) is 0 Å². The summed E-state index contributed by atoms with van der Waals surface area (Å²) in [5.41, 5.74) is 2.09. The molecule has 2 aromatic rings. The number of rotatable bonds is 5. The lowest BCUT2D eigenvalue weighted by Crippen LogP contribution is -2.50. The Hall–Kier alpha value is -2.39. The van der Waals surface area contributed by atoms with Crippen molar-refractivity contribution in [2.24, 2.45) is 0 Å². The van der Waals surface area contributed by atoms with Crippen LogP contribution in [0.25, 0.3) is 11.3 Å². The third-order valence-electron chi connectivity index (χ3n) is 5.13. The molecule has 0 radical (unpaired) electrons. The largest absolute Gasteiger partial charge is 0.326 e. The fraction of sp³-hybridized carbons (Fsp3) is 0.429. The molecule has 140 valence electrons. The van der Waals surface area contributed by atoms with Gasteiger partial charge in [0.1, 0.15) is 5.54 Å². The number of hydrogen-bond acceptors (Lipinski definition) is 5. The van der Waals surface area contributed by atoms with Gasteiger partial charge in [-0.25, -0.2) is 9.97 Å². The van der Waals surface area contributed by atoms with Crippen molar-refractivity contribution in [3.05, 3.63) is 42.1 Å². The normalized spacial score (nSPS) is 15.7. The van der Waals surface area contributed by atoms with Gasteiger partial charge < -0.3 is 4.90 Å². The fourth-order valence-electron chi connectivity index (χ4n) is 3.48. The van der Waals surface area contributed by atoms with Gasteiger partial charge >= 0.3 is 0 Å². The summed E-state index contributed by atoms with van der Waals surface area (Å²) >= 11 is 1.33. The zero-order valence-corrected chi connectivity index (χ0v) is 16.6. The molecule has 3 rings (SSSR count). The monoisotopic (exact) mass is 380 g/mol. The van der Waals surface area contributed by atoms with Crippen LogP contribution in [0.5, 0.6) is 0 Å². The molecule has 1 saturated carbocycles. The van der Waals surface area contributed by atoms with Crippen molar-refractivity contribution in [2.45, 2.75) is 49.7 Å². The summed E-state index contributed by atoms with van der Waals surface area (Å²) in [4.78, 5) is 23.4. The first-order valence-electron chi connectivity index (χ1n) is 9.26. The van der Waals surface area contributed by atoms with Crippen molar-refractivity contribution in [3.63, 3.8) is 0 Å². The Morgan fingerprint density at radius 3 is 2.59 bits per heavy atom. The number of benzene rings is 1. The van der Waals surface area contributed by atoms with Gasteiger partial charge in [0.25, 0.3) is 0 Å². The third kappa shape index (κ3) is 4.48. The van der Waals surface area contributed by atoms with Crippen LogP contribution in [0.15, 0.2) is 41.6 Å². The molecule has 1 aromatic carbocycles. The smallest absolute Gasteiger partial charge is 0.234 e. The Kier molecular flexibility index (Phi) is 6.12. The average Bonchev–Trinajstić information content (AvgIpc) is 2.72. The first kappa shape index (κ1) is 19.4. The summed E-state index contributed by atoms with van der Waals surface area (Å²) in [5, 5.41) is 10.3. The number of carbonyl (C=O) groups is 1. The minimum atomic E-state index is -0.654. The Balaban J connectivity index is 1.70. The van der Waals surface area contributed by atoms with Crippen molar-refractivity contribution in [3.8, 4) is 17.3 Å². The molecule has 0 unspecified atom stereocenters. The van der Waals surface area contributed by atoms with E-state index in [1.165, 1.54) is 11.8 Å². The predicted molar refractivity (Wildman–Crippen MR) is 107 cm³/mol. The van der Waals surface area contributed by atoms with Gasteiger partial charge in [-0.3, -0.25) is 4.79 Å². The molecule has 6 heteroatoms. The molecule has 0 bridgehead atoms. The Labute approximate surface area is 164 Å². The Morgan fingerprint density at radius 1 is 1.22 bits per heavy atom. The Morgan fingerprint density at radius 2 is 1.93 bits per heavy atom. The molecule has 0 spiro atoms. The van der Waals surface area contributed by atoms with E-state index < -0.39 is 5.54 Å². The molecule has 1 aliphatic carbocycles. The summed E-state index contributed by atoms with van der Waals surface area (Å²) in [6, 6.07) is 14.3. The van der Waals surface area contributed by atoms with Crippen molar-refractivity contribution in [2.75, 3.05) is 12.8 Å². The van der Waals surface area contributed by atoms with Crippen LogP contribution in [-0.4, -0.2) is 39.1 Å². The van der Waals surface area contributed by atoms with E-state index in [0.29, 0.717) is 5.16 Å². The van der Waals surface area contributed by atoms with Gasteiger partial charge in [0.15, 0.2) is 5.16 Å². The predicted octanol–water partition coefficient (Wildman–Crippen LogP) is 4.23. The lowest BCUT2D eigenvalue weighted by Gasteiger charge is -2.39. The van der Waals surface area contributed by atoms with Crippen LogP contribution in [0.1, 0.15) is 37.8 Å². The second-order valence-corrected chi connectivity index (χ2v) is 7.93. The average molecular weight is 381 g/mol. The van der Waals surface area contributed by atoms with Gasteiger partial charge in [-0.2, -0.15) is 5.26 Å². The number of carbonyl (C=O) groups excluding carboxylic acids is 1. The Bertz CT molecular complexity index is 841. The van der Waals surface area contributed by atoms with Crippen LogP contribution in [0.4, 0.5) is 0 Å². The van der Waals surface area contributed by atoms with Crippen molar-refractivity contribution in [1.29, 1.82) is 5.26 Å². The molecule has 1 aromatic heterocycles. The van der Waals surface area contributed by atoms with Gasteiger partial charge in [-0.05, 0) is 25.8 Å². The number of amides is 1. The maximum absolute atomic E-state index is 12.7. The third-order valence-corrected chi connectivity index (χ3v) is 5.97. The number of nitriles is 1. The molecule has 1 heterocycles. The van der Waals surface area contributed by atoms with Crippen LogP contribution in [0, 0.1) is 18.3 Å². The minimum absolute atomic E-state index is 0.0465. The van der Waals surface area contributed by atoms with E-state index in [9.17, 15) is 10.1 Å². The molecular weight excluding hydrogens is 356 g/mol. The first-order valence-corrected chi connectivity index (χ1v) is 10.2. The van der Waals surface area contributed by atoms with Crippen LogP contribution >= 0.6 is 11.8 Å². The van der Waals surface area contributed by atoms with E-state index in [-0.39, 0.29) is 11.7 Å². The van der Waals surface area contributed by atoms with E-state index in [1.807, 2.05) is 43.3 Å². The van der Waals surface area contributed by atoms with Crippen molar-refractivity contribution < 1.29 is 4.79 Å². The molecular formula is C21H24N4OS. The second-order valence-electron chi connectivity index (χ2n) is 6.99. The van der Waals surface area contributed by atoms with E-state index in [1.54, 1.807) is 11.9 Å². The molecule has 0 N–H and O–H groups in total. The summed E-state index contributed by atoms with van der Waals surface area (Å²) in [7, 11) is 1.75. The molecule has 1 aliphatic rings. The molecule has 0 atom stereocenters. The van der Waals surface area contributed by atoms with Crippen LogP contribution < -0.4 is 0 Å². The fourth-order valence-corrected chi connectivity index (χ4v) is 4.30. The molecule has 27 heavy (non-hydrogen) atoms. The van der Waals surface area contributed by atoms with E-state index >= 15 is 0 Å². The number of aryl methyl sites for hydroxylation is 1. The highest BCUT2D eigenvalue weighted by Gasteiger charge is 2.38. The van der Waals surface area contributed by atoms with Gasteiger partial charge in [0.05, 0.1) is 17.5 Å². The van der Waals surface area contributed by atoms with Crippen LogP contribution in [-0.2, 0) is 4.79 Å². The van der Waals surface area contributed by atoms with E-state index in [0.717, 1.165) is 49.1 Å². The lowest BCUT2D eigenvalue weighted by molar-refractivity contribution is -0.131. The van der Waals surface area contributed by atoms with Crippen LogP contribution in [0.3, 0.4) is 0 Å². The number of nitrogens with zero attached hydrogens (tertiary/aromatic N) is 4. The van der Waals surface area contributed by atoms with Crippen molar-refractivity contribution >= 4 is 17.7 Å². The number of thioether (sulfide) groups is 1. The molecule has 0 aliphatic heterocycles. The van der Waals surface area contributed by atoms with Crippen LogP contribution in [0.2, 0.25) is 0 Å². The molecule has 1 amide bonds. The zero-order chi connectivity index (χ0) is 19.3. The topological polar surface area (TPSA) is 69.9 Å². The highest BCUT2D eigenvalue weighted by Crippen LogP contribution is 2.33. The summed E-state index contributed by atoms with van der Waals surface area (Å²) < 4.78 is 0. The maximum Gasteiger partial charge on any atom is 0.234 e. The lowest BCUT2D eigenvalue weighted by atomic mass is 9.81. The van der Waals surface area contributed by atoms with Gasteiger partial charge in [-0.1, -0.05) is 61.4 Å². The molecule has 0 saturated heterocycles. The minimum Gasteiger partial charge on any atom is -0.326 e. The highest BCUT2D eigenvalue weighted by molar-refractivity contribution is 7.99. The highest BCUT2D eigenvalue weighted by atomic mass is 32.2. The second kappa shape index (κ2) is 8.53. The number of aromatic nitrogens is 2. The summed E-state index contributed by atoms with van der Waals surface area (Å²) in [6.45, 7) is 1.93. The maximum atomic E-state index is 12.7. The quantitative estimate of drug-likeness (QED) is 0.573.